The van der Waals surface area contributed by atoms with Crippen molar-refractivity contribution < 1.29 is 73.6 Å². The molecule has 4 fully saturated rings. The van der Waals surface area contributed by atoms with Gasteiger partial charge in [0.1, 0.15) is 72.9 Å². The third-order valence-corrected chi connectivity index (χ3v) is 9.52. The van der Waals surface area contributed by atoms with Crippen molar-refractivity contribution in [2.75, 3.05) is 26.6 Å². The van der Waals surface area contributed by atoms with E-state index in [1.807, 2.05) is 6.07 Å². The van der Waals surface area contributed by atoms with Crippen LogP contribution >= 0.6 is 0 Å². The number of rotatable bonds is 13. The third-order valence-electron chi connectivity index (χ3n) is 9.52. The molecule has 1 aliphatic carbocycles. The number of ether oxygens (including phenoxy) is 8. The quantitative estimate of drug-likeness (QED) is 0.0842. The predicted molar refractivity (Wildman–Crippen MR) is 167 cm³/mol. The molecule has 3 heterocycles. The number of para-hydroxylation sites is 1. The van der Waals surface area contributed by atoms with Crippen LogP contribution in [-0.2, 0) is 33.2 Å². The zero-order valence-corrected chi connectivity index (χ0v) is 27.2. The Morgan fingerprint density at radius 1 is 0.600 bits per heavy atom. The van der Waals surface area contributed by atoms with Gasteiger partial charge < -0.3 is 102 Å². The third kappa shape index (κ3) is 8.39. The summed E-state index contributed by atoms with van der Waals surface area (Å²) in [5.41, 5.74) is 30.5. The van der Waals surface area contributed by atoms with Gasteiger partial charge >= 0.3 is 0 Å². The number of aliphatic hydroxyl groups is 7. The molecule has 3 saturated heterocycles. The van der Waals surface area contributed by atoms with E-state index in [2.05, 4.69) is 0 Å². The lowest BCUT2D eigenvalue weighted by Crippen LogP contribution is -2.68. The van der Waals surface area contributed by atoms with E-state index in [1.54, 1.807) is 24.3 Å². The first-order valence-corrected chi connectivity index (χ1v) is 16.5. The van der Waals surface area contributed by atoms with E-state index in [0.29, 0.717) is 5.75 Å². The molecule has 0 unspecified atom stereocenters. The summed E-state index contributed by atoms with van der Waals surface area (Å²) in [6.45, 7) is -1.71. The highest BCUT2D eigenvalue weighted by Gasteiger charge is 2.54. The Hall–Kier alpha value is -1.74. The van der Waals surface area contributed by atoms with Gasteiger partial charge in [-0.25, -0.2) is 0 Å². The van der Waals surface area contributed by atoms with Crippen LogP contribution in [0.3, 0.4) is 0 Å². The van der Waals surface area contributed by atoms with E-state index in [0.717, 1.165) is 0 Å². The Kier molecular flexibility index (Phi) is 13.7. The van der Waals surface area contributed by atoms with E-state index in [1.165, 1.54) is 0 Å². The Balaban J connectivity index is 1.26. The van der Waals surface area contributed by atoms with E-state index in [4.69, 9.17) is 66.6 Å². The molecule has 20 heteroatoms. The molecule has 5 rings (SSSR count). The van der Waals surface area contributed by atoms with Crippen LogP contribution in [0, 0.1) is 0 Å². The number of nitrogens with two attached hydrogens (primary N) is 5. The highest BCUT2D eigenvalue weighted by molar-refractivity contribution is 5.20. The minimum atomic E-state index is -1.63. The number of aliphatic hydroxyl groups excluding tert-OH is 7. The van der Waals surface area contributed by atoms with E-state index >= 15 is 0 Å². The largest absolute Gasteiger partial charge is 0.468 e. The average molecular weight is 722 g/mol. The molecule has 0 radical (unpaired) electrons. The molecule has 1 saturated carbocycles. The molecule has 50 heavy (non-hydrogen) atoms. The fraction of sp³-hybridized carbons (Fsp3) is 0.800. The second-order valence-electron chi connectivity index (χ2n) is 12.9. The minimum Gasteiger partial charge on any atom is -0.468 e. The van der Waals surface area contributed by atoms with Crippen LogP contribution < -0.4 is 33.4 Å². The standard InChI is InChI=1S/C30H51N5O15/c31-7-14-20(39)21(40)17(34)28(45-14)49-26-16(9-37)47-30(23(26)42)50-27-19(38)12(32)6-13(33)24(27)48-29-18(35)22(41)25(15(8-36)46-29)44-10-43-11-4-2-1-3-5-11/h1-5,12-30,36-42H,6-10,31-35H2/t12-,13+,14+,15+,16+,17-,18+,19+,20-,21-,22+,23+,24-,25+,26+,27-,28-,29+,30-/m0/s1. The smallest absolute Gasteiger partial charge is 0.189 e. The maximum atomic E-state index is 11.2. The summed E-state index contributed by atoms with van der Waals surface area (Å²) in [4.78, 5) is 0. The SMILES string of the molecule is NC[C@H]1O[C@@H](O[C@H]2[C@@H](O)[C@H](O[C@H]3[C@H](O)[C@@H](N)C[C@@H](N)[C@@H]3O[C@H]3O[C@H](CO)[C@@H](OCOc4ccccc4)[C@H](O)[C@H]3N)O[C@@H]2CO)[C@@H](N)[C@H](O)[C@H]1O. The molecular weight excluding hydrogens is 670 g/mol. The molecule has 1 aromatic rings. The normalized spacial score (nSPS) is 46.9. The maximum absolute atomic E-state index is 11.2. The van der Waals surface area contributed by atoms with Crippen molar-refractivity contribution >= 4 is 0 Å². The molecule has 19 atom stereocenters. The fourth-order valence-corrected chi connectivity index (χ4v) is 6.59. The molecule has 0 amide bonds. The van der Waals surface area contributed by atoms with Crippen molar-refractivity contribution in [2.24, 2.45) is 28.7 Å². The lowest BCUT2D eigenvalue weighted by Gasteiger charge is -2.47. The summed E-state index contributed by atoms with van der Waals surface area (Å²) in [5.74, 6) is 0.517. The number of hydrogen-bond acceptors (Lipinski definition) is 20. The molecule has 20 nitrogen and oxygen atoms in total. The topological polar surface area (TPSA) is 346 Å². The van der Waals surface area contributed by atoms with Crippen molar-refractivity contribution in [1.82, 2.24) is 0 Å². The predicted octanol–water partition coefficient (Wildman–Crippen LogP) is -6.80. The van der Waals surface area contributed by atoms with Crippen LogP contribution in [0.15, 0.2) is 30.3 Å². The van der Waals surface area contributed by atoms with Crippen molar-refractivity contribution in [1.29, 1.82) is 0 Å². The summed E-state index contributed by atoms with van der Waals surface area (Å²) < 4.78 is 46.5. The first kappa shape index (κ1) is 39.5. The minimum absolute atomic E-state index is 0.0642. The molecule has 3 aliphatic heterocycles. The Morgan fingerprint density at radius 2 is 1.16 bits per heavy atom. The lowest BCUT2D eigenvalue weighted by molar-refractivity contribution is -0.317. The molecule has 0 bridgehead atoms. The lowest BCUT2D eigenvalue weighted by atomic mass is 9.84. The zero-order valence-electron chi connectivity index (χ0n) is 27.2. The van der Waals surface area contributed by atoms with Gasteiger partial charge in [0, 0.05) is 18.6 Å². The van der Waals surface area contributed by atoms with Crippen LogP contribution in [0.1, 0.15) is 6.42 Å². The van der Waals surface area contributed by atoms with Gasteiger partial charge in [-0.3, -0.25) is 0 Å². The van der Waals surface area contributed by atoms with Crippen molar-refractivity contribution in [3.05, 3.63) is 30.3 Å². The molecular formula is C30H51N5O15. The van der Waals surface area contributed by atoms with E-state index < -0.39 is 129 Å². The molecule has 4 aliphatic rings. The van der Waals surface area contributed by atoms with Crippen LogP contribution in [-0.4, -0.2) is 179 Å². The molecule has 1 aromatic carbocycles. The van der Waals surface area contributed by atoms with Crippen molar-refractivity contribution in [3.63, 3.8) is 0 Å². The average Bonchev–Trinajstić information content (AvgIpc) is 3.41. The van der Waals surface area contributed by atoms with Gasteiger partial charge in [-0.05, 0) is 18.6 Å². The summed E-state index contributed by atoms with van der Waals surface area (Å²) in [6, 6.07) is 4.50. The van der Waals surface area contributed by atoms with Gasteiger partial charge in [0.15, 0.2) is 25.7 Å². The number of hydrogen-bond donors (Lipinski definition) is 12. The molecule has 286 valence electrons. The van der Waals surface area contributed by atoms with Crippen LogP contribution in [0.25, 0.3) is 0 Å². The second kappa shape index (κ2) is 17.4. The highest BCUT2D eigenvalue weighted by atomic mass is 16.8. The molecule has 17 N–H and O–H groups in total. The summed E-state index contributed by atoms with van der Waals surface area (Å²) in [5, 5.41) is 74.1. The number of benzene rings is 1. The second-order valence-corrected chi connectivity index (χ2v) is 12.9. The van der Waals surface area contributed by atoms with Gasteiger partial charge in [0.25, 0.3) is 0 Å². The first-order chi connectivity index (χ1) is 23.9. The van der Waals surface area contributed by atoms with Crippen molar-refractivity contribution in [2.45, 2.75) is 123 Å². The maximum Gasteiger partial charge on any atom is 0.189 e. The summed E-state index contributed by atoms with van der Waals surface area (Å²) in [7, 11) is 0. The van der Waals surface area contributed by atoms with E-state index in [9.17, 15) is 35.7 Å². The Labute approximate surface area is 287 Å². The Bertz CT molecular complexity index is 1180. The van der Waals surface area contributed by atoms with Crippen molar-refractivity contribution in [3.8, 4) is 5.75 Å². The van der Waals surface area contributed by atoms with Crippen LogP contribution in [0.4, 0.5) is 0 Å². The molecule has 0 spiro atoms. The van der Waals surface area contributed by atoms with Gasteiger partial charge in [0.2, 0.25) is 0 Å². The van der Waals surface area contributed by atoms with Gasteiger partial charge in [0.05, 0.1) is 31.4 Å². The highest BCUT2D eigenvalue weighted by Crippen LogP contribution is 2.34. The summed E-state index contributed by atoms with van der Waals surface area (Å²) >= 11 is 0. The van der Waals surface area contributed by atoms with Gasteiger partial charge in [-0.2, -0.15) is 0 Å². The zero-order chi connectivity index (χ0) is 36.3. The van der Waals surface area contributed by atoms with Gasteiger partial charge in [-0.1, -0.05) is 18.2 Å². The first-order valence-electron chi connectivity index (χ1n) is 16.5. The van der Waals surface area contributed by atoms with Crippen LogP contribution in [0.2, 0.25) is 0 Å². The van der Waals surface area contributed by atoms with Crippen LogP contribution in [0.5, 0.6) is 5.75 Å². The molecule has 0 aromatic heterocycles. The Morgan fingerprint density at radius 3 is 1.80 bits per heavy atom. The monoisotopic (exact) mass is 721 g/mol. The fourth-order valence-electron chi connectivity index (χ4n) is 6.59. The van der Waals surface area contributed by atoms with E-state index in [-0.39, 0.29) is 19.8 Å². The summed E-state index contributed by atoms with van der Waals surface area (Å²) in [6.07, 6.45) is -20.0. The van der Waals surface area contributed by atoms with Gasteiger partial charge in [-0.15, -0.1) is 0 Å².